The fraction of sp³-hybridized carbons (Fsp3) is 0.160. The van der Waals surface area contributed by atoms with E-state index >= 15 is 0 Å². The number of aromatic nitrogens is 3. The summed E-state index contributed by atoms with van der Waals surface area (Å²) in [6.07, 6.45) is 5.11. The molecule has 5 rings (SSSR count). The van der Waals surface area contributed by atoms with Gasteiger partial charge in [0, 0.05) is 25.4 Å². The van der Waals surface area contributed by atoms with E-state index in [9.17, 15) is 14.0 Å². The summed E-state index contributed by atoms with van der Waals surface area (Å²) in [6, 6.07) is 14.9. The van der Waals surface area contributed by atoms with Crippen LogP contribution < -0.4 is 10.4 Å². The highest BCUT2D eigenvalue weighted by atomic mass is 19.1. The van der Waals surface area contributed by atoms with Gasteiger partial charge in [-0.15, -0.1) is 0 Å². The van der Waals surface area contributed by atoms with Crippen molar-refractivity contribution in [2.75, 3.05) is 13.1 Å². The number of carbonyl (C=O) groups is 1. The molecule has 0 N–H and O–H groups in total. The number of halogens is 1. The number of ether oxygens (including phenoxy) is 1. The molecule has 4 aromatic rings. The van der Waals surface area contributed by atoms with Crippen LogP contribution in [0, 0.1) is 5.82 Å². The van der Waals surface area contributed by atoms with Crippen molar-refractivity contribution in [1.29, 1.82) is 0 Å². The highest BCUT2D eigenvalue weighted by Crippen LogP contribution is 2.29. The first-order valence-electron chi connectivity index (χ1n) is 10.6. The van der Waals surface area contributed by atoms with Gasteiger partial charge in [-0.3, -0.25) is 18.9 Å². The molecule has 0 bridgehead atoms. The second-order valence-electron chi connectivity index (χ2n) is 7.81. The van der Waals surface area contributed by atoms with Crippen LogP contribution in [0.15, 0.2) is 84.4 Å². The minimum atomic E-state index is -0.586. The summed E-state index contributed by atoms with van der Waals surface area (Å²) in [4.78, 5) is 31.4. The predicted octanol–water partition coefficient (Wildman–Crippen LogP) is 4.08. The molecule has 8 heteroatoms. The number of hydrogen-bond acceptors (Lipinski definition) is 4. The Hall–Kier alpha value is -4.20. The zero-order valence-electron chi connectivity index (χ0n) is 17.7. The van der Waals surface area contributed by atoms with Gasteiger partial charge in [0.05, 0.1) is 29.0 Å². The van der Waals surface area contributed by atoms with E-state index in [0.717, 1.165) is 0 Å². The molecule has 3 heterocycles. The molecule has 1 atom stereocenters. The molecule has 1 fully saturated rings. The van der Waals surface area contributed by atoms with Crippen LogP contribution in [0.25, 0.3) is 16.7 Å². The fourth-order valence-corrected chi connectivity index (χ4v) is 4.28. The Morgan fingerprint density at radius 3 is 2.73 bits per heavy atom. The van der Waals surface area contributed by atoms with E-state index in [0.29, 0.717) is 42.0 Å². The zero-order chi connectivity index (χ0) is 22.9. The lowest BCUT2D eigenvalue weighted by Crippen LogP contribution is -2.31. The average molecular weight is 444 g/mol. The Bertz CT molecular complexity index is 1410. The van der Waals surface area contributed by atoms with Crippen LogP contribution in [0.4, 0.5) is 4.39 Å². The summed E-state index contributed by atoms with van der Waals surface area (Å²) in [5.74, 6) is -0.167. The van der Waals surface area contributed by atoms with E-state index in [1.54, 1.807) is 58.3 Å². The van der Waals surface area contributed by atoms with Crippen LogP contribution in [-0.4, -0.2) is 38.0 Å². The molecule has 0 aliphatic carbocycles. The van der Waals surface area contributed by atoms with Crippen molar-refractivity contribution in [3.63, 3.8) is 0 Å². The number of amides is 1. The molecular formula is C25H21FN4O3. The van der Waals surface area contributed by atoms with E-state index in [2.05, 4.69) is 11.6 Å². The Labute approximate surface area is 189 Å². The van der Waals surface area contributed by atoms with E-state index in [1.165, 1.54) is 22.8 Å². The van der Waals surface area contributed by atoms with Crippen molar-refractivity contribution >= 4 is 16.9 Å². The number of benzene rings is 2. The van der Waals surface area contributed by atoms with Gasteiger partial charge in [0.2, 0.25) is 5.91 Å². The molecule has 0 unspecified atom stereocenters. The maximum absolute atomic E-state index is 14.9. The fourth-order valence-electron chi connectivity index (χ4n) is 4.28. The topological polar surface area (TPSA) is 69.4 Å². The smallest absolute Gasteiger partial charge is 0.334 e. The summed E-state index contributed by atoms with van der Waals surface area (Å²) >= 11 is 0. The van der Waals surface area contributed by atoms with Gasteiger partial charge in [-0.05, 0) is 42.8 Å². The molecule has 166 valence electrons. The van der Waals surface area contributed by atoms with Crippen molar-refractivity contribution < 1.29 is 13.9 Å². The molecule has 2 aromatic carbocycles. The third-order valence-corrected chi connectivity index (χ3v) is 5.84. The summed E-state index contributed by atoms with van der Waals surface area (Å²) in [5, 5.41) is 0. The highest BCUT2D eigenvalue weighted by Gasteiger charge is 2.30. The SMILES string of the molecule is C=CC(=O)N1CC[C@@H](n2c(=O)n(-c3ccc(Oc4ccccc4)c(F)c3)c3cnccc32)C1. The lowest BCUT2D eigenvalue weighted by molar-refractivity contribution is -0.125. The highest BCUT2D eigenvalue weighted by molar-refractivity contribution is 5.87. The standard InChI is InChI=1S/C25H21FN4O3/c1-2-24(31)28-13-11-18(16-28)30-21-10-12-27-15-22(21)29(25(30)32)17-8-9-23(20(26)14-17)33-19-6-4-3-5-7-19/h2-10,12,14-15,18H,1,11,13,16H2/t18-/m1/s1. The predicted molar refractivity (Wildman–Crippen MR) is 122 cm³/mol. The van der Waals surface area contributed by atoms with Crippen LogP contribution in [0.5, 0.6) is 11.5 Å². The van der Waals surface area contributed by atoms with E-state index in [-0.39, 0.29) is 23.4 Å². The lowest BCUT2D eigenvalue weighted by atomic mass is 10.2. The van der Waals surface area contributed by atoms with Crippen molar-refractivity contribution in [2.24, 2.45) is 0 Å². The Balaban J connectivity index is 1.55. The van der Waals surface area contributed by atoms with Crippen LogP contribution in [-0.2, 0) is 4.79 Å². The van der Waals surface area contributed by atoms with Crippen LogP contribution >= 0.6 is 0 Å². The number of para-hydroxylation sites is 1. The Kier molecular flexibility index (Phi) is 5.26. The second kappa shape index (κ2) is 8.38. The number of carbonyl (C=O) groups excluding carboxylic acids is 1. The van der Waals surface area contributed by atoms with Gasteiger partial charge in [-0.1, -0.05) is 24.8 Å². The quantitative estimate of drug-likeness (QED) is 0.435. The summed E-state index contributed by atoms with van der Waals surface area (Å²) in [5.41, 5.74) is 1.30. The maximum Gasteiger partial charge on any atom is 0.334 e. The number of pyridine rings is 1. The zero-order valence-corrected chi connectivity index (χ0v) is 17.7. The van der Waals surface area contributed by atoms with E-state index in [4.69, 9.17) is 4.74 Å². The number of fused-ring (bicyclic) bond motifs is 1. The molecule has 1 saturated heterocycles. The van der Waals surface area contributed by atoms with Crippen molar-refractivity contribution in [3.05, 3.63) is 95.9 Å². The molecule has 1 aliphatic heterocycles. The van der Waals surface area contributed by atoms with E-state index in [1.807, 2.05) is 6.07 Å². The largest absolute Gasteiger partial charge is 0.454 e. The maximum atomic E-state index is 14.9. The monoisotopic (exact) mass is 444 g/mol. The Morgan fingerprint density at radius 1 is 1.15 bits per heavy atom. The van der Waals surface area contributed by atoms with Gasteiger partial charge in [0.15, 0.2) is 11.6 Å². The van der Waals surface area contributed by atoms with Crippen LogP contribution in [0.2, 0.25) is 0 Å². The van der Waals surface area contributed by atoms with Crippen molar-refractivity contribution in [3.8, 4) is 17.2 Å². The first-order valence-corrected chi connectivity index (χ1v) is 10.6. The molecular weight excluding hydrogens is 423 g/mol. The third kappa shape index (κ3) is 3.69. The Morgan fingerprint density at radius 2 is 1.97 bits per heavy atom. The second-order valence-corrected chi connectivity index (χ2v) is 7.81. The lowest BCUT2D eigenvalue weighted by Gasteiger charge is -2.15. The number of hydrogen-bond donors (Lipinski definition) is 0. The molecule has 33 heavy (non-hydrogen) atoms. The first-order chi connectivity index (χ1) is 16.1. The molecule has 0 saturated carbocycles. The number of nitrogens with zero attached hydrogens (tertiary/aromatic N) is 4. The number of imidazole rings is 1. The molecule has 1 aliphatic rings. The minimum Gasteiger partial charge on any atom is -0.454 e. The van der Waals surface area contributed by atoms with Gasteiger partial charge in [-0.2, -0.15) is 0 Å². The van der Waals surface area contributed by atoms with E-state index < -0.39 is 5.82 Å². The van der Waals surface area contributed by atoms with Gasteiger partial charge < -0.3 is 9.64 Å². The molecule has 0 spiro atoms. The molecule has 7 nitrogen and oxygen atoms in total. The normalized spacial score (nSPS) is 15.7. The third-order valence-electron chi connectivity index (χ3n) is 5.84. The van der Waals surface area contributed by atoms with Crippen molar-refractivity contribution in [2.45, 2.75) is 12.5 Å². The number of likely N-dealkylation sites (tertiary alicyclic amines) is 1. The summed E-state index contributed by atoms with van der Waals surface area (Å²) < 4.78 is 23.7. The minimum absolute atomic E-state index is 0.0641. The van der Waals surface area contributed by atoms with Crippen molar-refractivity contribution in [1.82, 2.24) is 19.0 Å². The summed E-state index contributed by atoms with van der Waals surface area (Å²) in [6.45, 7) is 4.49. The van der Waals surface area contributed by atoms with Crippen LogP contribution in [0.3, 0.4) is 0 Å². The molecule has 2 aromatic heterocycles. The molecule has 1 amide bonds. The van der Waals surface area contributed by atoms with Gasteiger partial charge >= 0.3 is 5.69 Å². The van der Waals surface area contributed by atoms with Gasteiger partial charge in [0.25, 0.3) is 0 Å². The van der Waals surface area contributed by atoms with Gasteiger partial charge in [-0.25, -0.2) is 9.18 Å². The summed E-state index contributed by atoms with van der Waals surface area (Å²) in [7, 11) is 0. The van der Waals surface area contributed by atoms with Crippen LogP contribution in [0.1, 0.15) is 12.5 Å². The van der Waals surface area contributed by atoms with Gasteiger partial charge in [0.1, 0.15) is 5.75 Å². The molecule has 0 radical (unpaired) electrons. The number of rotatable bonds is 5. The first kappa shape index (κ1) is 20.7. The average Bonchev–Trinajstić information content (AvgIpc) is 3.42.